The van der Waals surface area contributed by atoms with Gasteiger partial charge in [-0.25, -0.2) is 8.78 Å². The van der Waals surface area contributed by atoms with Crippen LogP contribution in [0.1, 0.15) is 12.5 Å². The summed E-state index contributed by atoms with van der Waals surface area (Å²) in [6.45, 7) is 1.76. The van der Waals surface area contributed by atoms with E-state index in [1.807, 2.05) is 0 Å². The number of aryl methyl sites for hydroxylation is 1. The van der Waals surface area contributed by atoms with E-state index in [4.69, 9.17) is 4.74 Å². The molecule has 0 bridgehead atoms. The molecule has 1 N–H and O–H groups in total. The van der Waals surface area contributed by atoms with Crippen molar-refractivity contribution in [3.8, 4) is 11.5 Å². The Morgan fingerprint density at radius 2 is 1.78 bits per heavy atom. The summed E-state index contributed by atoms with van der Waals surface area (Å²) in [4.78, 5) is 0. The Kier molecular flexibility index (Phi) is 3.07. The summed E-state index contributed by atoms with van der Waals surface area (Å²) < 4.78 is 45.5. The maximum Gasteiger partial charge on any atom is 0.204 e. The molecule has 0 amide bonds. The third-order valence-corrected chi connectivity index (χ3v) is 2.84. The van der Waals surface area contributed by atoms with Crippen LogP contribution in [0.3, 0.4) is 0 Å². The summed E-state index contributed by atoms with van der Waals surface area (Å²) in [5.41, 5.74) is 0.486. The number of benzene rings is 2. The normalized spacial score (nSPS) is 10.9. The molecular weight excluding hydrogens is 245 g/mol. The lowest BCUT2D eigenvalue weighted by Gasteiger charge is -2.13. The van der Waals surface area contributed by atoms with Gasteiger partial charge < -0.3 is 9.84 Å². The highest BCUT2D eigenvalue weighted by molar-refractivity contribution is 5.93. The van der Waals surface area contributed by atoms with Crippen LogP contribution in [0.15, 0.2) is 12.1 Å². The lowest BCUT2D eigenvalue weighted by molar-refractivity contribution is 0.367. The summed E-state index contributed by atoms with van der Waals surface area (Å²) in [5, 5.41) is 9.42. The predicted octanol–water partition coefficient (Wildman–Crippen LogP) is 3.53. The second-order valence-corrected chi connectivity index (χ2v) is 3.86. The Labute approximate surface area is 102 Å². The number of hydrogen-bond acceptors (Lipinski definition) is 2. The van der Waals surface area contributed by atoms with E-state index in [1.54, 1.807) is 6.92 Å². The molecule has 0 aliphatic carbocycles. The molecule has 2 nitrogen and oxygen atoms in total. The fourth-order valence-electron chi connectivity index (χ4n) is 2.02. The van der Waals surface area contributed by atoms with Crippen molar-refractivity contribution < 1.29 is 23.0 Å². The molecule has 0 atom stereocenters. The number of rotatable bonds is 2. The first-order chi connectivity index (χ1) is 8.51. The fourth-order valence-corrected chi connectivity index (χ4v) is 2.02. The van der Waals surface area contributed by atoms with Gasteiger partial charge in [-0.3, -0.25) is 0 Å². The van der Waals surface area contributed by atoms with Gasteiger partial charge in [-0.15, -0.1) is 0 Å². The largest absolute Gasteiger partial charge is 0.508 e. The Morgan fingerprint density at radius 3 is 2.33 bits per heavy atom. The summed E-state index contributed by atoms with van der Waals surface area (Å²) in [6, 6.07) is 2.43. The molecule has 0 heterocycles. The summed E-state index contributed by atoms with van der Waals surface area (Å²) in [6.07, 6.45) is 0.422. The number of halogens is 3. The van der Waals surface area contributed by atoms with E-state index in [9.17, 15) is 18.3 Å². The van der Waals surface area contributed by atoms with Gasteiger partial charge in [0.1, 0.15) is 5.75 Å². The number of phenols is 1. The van der Waals surface area contributed by atoms with Gasteiger partial charge in [-0.1, -0.05) is 6.92 Å². The standard InChI is InChI=1S/C13H11F3O2/c1-3-6-4-7(17)5-8-9(6)13(18-2)12(16)11(15)10(8)14/h4-5,17H,3H2,1-2H3. The van der Waals surface area contributed by atoms with Crippen LogP contribution in [0.25, 0.3) is 10.8 Å². The highest BCUT2D eigenvalue weighted by Gasteiger charge is 2.23. The van der Waals surface area contributed by atoms with Crippen molar-refractivity contribution >= 4 is 10.8 Å². The molecule has 18 heavy (non-hydrogen) atoms. The maximum absolute atomic E-state index is 13.7. The van der Waals surface area contributed by atoms with Gasteiger partial charge in [0, 0.05) is 10.8 Å². The molecule has 2 aromatic rings. The second kappa shape index (κ2) is 4.40. The number of fused-ring (bicyclic) bond motifs is 1. The Balaban J connectivity index is 3.05. The van der Waals surface area contributed by atoms with Gasteiger partial charge in [0.2, 0.25) is 5.82 Å². The topological polar surface area (TPSA) is 29.5 Å². The highest BCUT2D eigenvalue weighted by atomic mass is 19.2. The molecule has 0 fully saturated rings. The zero-order valence-electron chi connectivity index (χ0n) is 9.85. The van der Waals surface area contributed by atoms with Crippen molar-refractivity contribution in [3.63, 3.8) is 0 Å². The van der Waals surface area contributed by atoms with Crippen molar-refractivity contribution in [1.82, 2.24) is 0 Å². The van der Waals surface area contributed by atoms with Crippen LogP contribution in [0.4, 0.5) is 13.2 Å². The highest BCUT2D eigenvalue weighted by Crippen LogP contribution is 2.37. The zero-order valence-corrected chi connectivity index (χ0v) is 9.85. The molecule has 0 radical (unpaired) electrons. The van der Waals surface area contributed by atoms with E-state index in [-0.39, 0.29) is 22.3 Å². The number of hydrogen-bond donors (Lipinski definition) is 1. The van der Waals surface area contributed by atoms with Crippen molar-refractivity contribution in [1.29, 1.82) is 0 Å². The van der Waals surface area contributed by atoms with Gasteiger partial charge >= 0.3 is 0 Å². The van der Waals surface area contributed by atoms with E-state index in [1.165, 1.54) is 13.2 Å². The second-order valence-electron chi connectivity index (χ2n) is 3.86. The lowest BCUT2D eigenvalue weighted by Crippen LogP contribution is -2.00. The molecule has 2 rings (SSSR count). The van der Waals surface area contributed by atoms with E-state index < -0.39 is 17.5 Å². The number of aromatic hydroxyl groups is 1. The smallest absolute Gasteiger partial charge is 0.204 e. The number of phenolic OH excluding ortho intramolecular Hbond substituents is 1. The Morgan fingerprint density at radius 1 is 1.11 bits per heavy atom. The number of ether oxygens (including phenoxy) is 1. The van der Waals surface area contributed by atoms with E-state index >= 15 is 0 Å². The molecule has 0 spiro atoms. The molecule has 0 aromatic heterocycles. The van der Waals surface area contributed by atoms with Crippen molar-refractivity contribution in [2.24, 2.45) is 0 Å². The summed E-state index contributed by atoms with van der Waals surface area (Å²) in [7, 11) is 1.18. The predicted molar refractivity (Wildman–Crippen MR) is 61.4 cm³/mol. The minimum absolute atomic E-state index is 0.147. The fraction of sp³-hybridized carbons (Fsp3) is 0.231. The molecule has 0 unspecified atom stereocenters. The van der Waals surface area contributed by atoms with E-state index in [0.29, 0.717) is 12.0 Å². The van der Waals surface area contributed by atoms with Crippen LogP contribution in [-0.2, 0) is 6.42 Å². The zero-order chi connectivity index (χ0) is 13.4. The first kappa shape index (κ1) is 12.5. The third-order valence-electron chi connectivity index (χ3n) is 2.84. The Bertz CT molecular complexity index is 624. The van der Waals surface area contributed by atoms with Gasteiger partial charge in [0.15, 0.2) is 17.4 Å². The summed E-state index contributed by atoms with van der Waals surface area (Å²) in [5.74, 6) is -4.84. The maximum atomic E-state index is 13.7. The van der Waals surface area contributed by atoms with Gasteiger partial charge in [0.25, 0.3) is 0 Å². The quantitative estimate of drug-likeness (QED) is 0.833. The molecule has 0 saturated heterocycles. The van der Waals surface area contributed by atoms with Crippen LogP contribution >= 0.6 is 0 Å². The minimum Gasteiger partial charge on any atom is -0.508 e. The van der Waals surface area contributed by atoms with E-state index in [0.717, 1.165) is 6.07 Å². The number of methoxy groups -OCH3 is 1. The minimum atomic E-state index is -1.60. The van der Waals surface area contributed by atoms with Crippen LogP contribution in [0, 0.1) is 17.5 Å². The van der Waals surface area contributed by atoms with Crippen LogP contribution in [0.2, 0.25) is 0 Å². The van der Waals surface area contributed by atoms with Crippen molar-refractivity contribution in [3.05, 3.63) is 35.1 Å². The molecule has 0 aliphatic rings. The monoisotopic (exact) mass is 256 g/mol. The molecule has 2 aromatic carbocycles. The van der Waals surface area contributed by atoms with Crippen molar-refractivity contribution in [2.45, 2.75) is 13.3 Å². The van der Waals surface area contributed by atoms with E-state index in [2.05, 4.69) is 0 Å². The molecule has 96 valence electrons. The van der Waals surface area contributed by atoms with Gasteiger partial charge in [-0.2, -0.15) is 4.39 Å². The van der Waals surface area contributed by atoms with Crippen molar-refractivity contribution in [2.75, 3.05) is 7.11 Å². The van der Waals surface area contributed by atoms with Gasteiger partial charge in [0.05, 0.1) is 7.11 Å². The summed E-state index contributed by atoms with van der Waals surface area (Å²) >= 11 is 0. The SMILES string of the molecule is CCc1cc(O)cc2c(F)c(F)c(F)c(OC)c12. The Hall–Kier alpha value is -1.91. The van der Waals surface area contributed by atoms with Crippen LogP contribution < -0.4 is 4.74 Å². The van der Waals surface area contributed by atoms with Crippen LogP contribution in [0.5, 0.6) is 11.5 Å². The van der Waals surface area contributed by atoms with Gasteiger partial charge in [-0.05, 0) is 24.1 Å². The molecule has 0 saturated carbocycles. The molecular formula is C13H11F3O2. The average molecular weight is 256 g/mol. The van der Waals surface area contributed by atoms with Crippen LogP contribution in [-0.4, -0.2) is 12.2 Å². The molecule has 5 heteroatoms. The first-order valence-electron chi connectivity index (χ1n) is 5.37. The molecule has 0 aliphatic heterocycles. The lowest BCUT2D eigenvalue weighted by atomic mass is 10.00. The first-order valence-corrected chi connectivity index (χ1v) is 5.37. The third kappa shape index (κ3) is 1.66. The average Bonchev–Trinajstić information content (AvgIpc) is 2.37.